The zero-order valence-corrected chi connectivity index (χ0v) is 16.4. The first kappa shape index (κ1) is 18.6. The molecular weight excluding hydrogens is 384 g/mol. The van der Waals surface area contributed by atoms with Crippen molar-refractivity contribution in [3.05, 3.63) is 64.0 Å². The summed E-state index contributed by atoms with van der Waals surface area (Å²) in [6.45, 7) is 1.33. The van der Waals surface area contributed by atoms with Crippen LogP contribution in [-0.4, -0.2) is 34.9 Å². The number of carbonyl (C=O) groups is 1. The van der Waals surface area contributed by atoms with Crippen molar-refractivity contribution in [2.24, 2.45) is 0 Å². The number of nitro benzene ring substituents is 1. The van der Waals surface area contributed by atoms with E-state index in [9.17, 15) is 14.9 Å². The summed E-state index contributed by atoms with van der Waals surface area (Å²) in [7, 11) is 0. The van der Waals surface area contributed by atoms with Crippen LogP contribution >= 0.6 is 0 Å². The number of piperidine rings is 1. The number of rotatable bonds is 5. The van der Waals surface area contributed by atoms with E-state index < -0.39 is 4.92 Å². The minimum atomic E-state index is -0.407. The predicted molar refractivity (Wildman–Crippen MR) is 112 cm³/mol. The number of nitrogens with one attached hydrogen (secondary N) is 1. The molecule has 1 saturated carbocycles. The third-order valence-corrected chi connectivity index (χ3v) is 5.84. The molecule has 2 fully saturated rings. The largest absolute Gasteiger partial charge is 0.440 e. The summed E-state index contributed by atoms with van der Waals surface area (Å²) in [6.07, 6.45) is 3.55. The molecular formula is C22H22N4O4. The maximum atomic E-state index is 12.3. The number of nitrogens with zero attached hydrogens (tertiary/aromatic N) is 3. The smallest absolute Gasteiger partial charge is 0.293 e. The first-order valence-electron chi connectivity index (χ1n) is 10.3. The van der Waals surface area contributed by atoms with Crippen molar-refractivity contribution in [3.8, 4) is 0 Å². The monoisotopic (exact) mass is 406 g/mol. The Labute approximate surface area is 173 Å². The maximum Gasteiger partial charge on any atom is 0.293 e. The number of nitro groups is 1. The van der Waals surface area contributed by atoms with Crippen molar-refractivity contribution < 1.29 is 14.1 Å². The fourth-order valence-electron chi connectivity index (χ4n) is 4.01. The number of benzene rings is 2. The Bertz CT molecular complexity index is 1080. The molecule has 8 heteroatoms. The third kappa shape index (κ3) is 3.60. The summed E-state index contributed by atoms with van der Waals surface area (Å²) in [4.78, 5) is 30.2. The fourth-order valence-corrected chi connectivity index (χ4v) is 4.01. The number of carbonyl (C=O) groups excluding carboxylic acids is 1. The van der Waals surface area contributed by atoms with Crippen LogP contribution < -0.4 is 10.2 Å². The molecule has 3 aromatic rings. The van der Waals surface area contributed by atoms with Crippen molar-refractivity contribution in [2.45, 2.75) is 37.6 Å². The zero-order chi connectivity index (χ0) is 20.7. The molecule has 0 bridgehead atoms. The fraction of sp³-hybridized carbons (Fsp3) is 0.364. The quantitative estimate of drug-likeness (QED) is 0.507. The minimum absolute atomic E-state index is 0.0289. The van der Waals surface area contributed by atoms with E-state index in [-0.39, 0.29) is 23.6 Å². The van der Waals surface area contributed by atoms with Crippen LogP contribution in [0.5, 0.6) is 0 Å². The second kappa shape index (κ2) is 7.44. The molecule has 8 nitrogen and oxygen atoms in total. The second-order valence-corrected chi connectivity index (χ2v) is 7.99. The standard InChI is InChI=1S/C22H22N4O4/c27-21(23-16-6-7-16)15-5-8-18(19(13-15)26(28)29)25-11-9-14(10-12-25)22-24-17-3-1-2-4-20(17)30-22/h1-5,8,13-14,16H,6-7,9-12H2,(H,23,27). The van der Waals surface area contributed by atoms with E-state index in [1.165, 1.54) is 6.07 Å². The first-order valence-corrected chi connectivity index (χ1v) is 10.3. The Morgan fingerprint density at radius 3 is 2.60 bits per heavy atom. The number of oxazole rings is 1. The highest BCUT2D eigenvalue weighted by Crippen LogP contribution is 2.36. The van der Waals surface area contributed by atoms with Gasteiger partial charge in [0.1, 0.15) is 11.2 Å². The van der Waals surface area contributed by atoms with Crippen molar-refractivity contribution in [1.29, 1.82) is 0 Å². The molecule has 0 unspecified atom stereocenters. The van der Waals surface area contributed by atoms with Gasteiger partial charge in [-0.2, -0.15) is 0 Å². The van der Waals surface area contributed by atoms with Gasteiger partial charge in [0.2, 0.25) is 0 Å². The van der Waals surface area contributed by atoms with E-state index in [4.69, 9.17) is 4.42 Å². The Kier molecular flexibility index (Phi) is 4.61. The summed E-state index contributed by atoms with van der Waals surface area (Å²) >= 11 is 0. The molecule has 2 aromatic carbocycles. The van der Waals surface area contributed by atoms with Gasteiger partial charge in [-0.25, -0.2) is 4.98 Å². The average Bonchev–Trinajstić information content (AvgIpc) is 3.47. The van der Waals surface area contributed by atoms with Gasteiger partial charge in [0.15, 0.2) is 11.5 Å². The van der Waals surface area contributed by atoms with Gasteiger partial charge in [-0.15, -0.1) is 0 Å². The molecule has 2 heterocycles. The van der Waals surface area contributed by atoms with Crippen LogP contribution in [0.25, 0.3) is 11.1 Å². The molecule has 154 valence electrons. The Morgan fingerprint density at radius 2 is 1.90 bits per heavy atom. The first-order chi connectivity index (χ1) is 14.6. The van der Waals surface area contributed by atoms with Crippen molar-refractivity contribution in [2.75, 3.05) is 18.0 Å². The molecule has 1 aliphatic heterocycles. The van der Waals surface area contributed by atoms with E-state index in [2.05, 4.69) is 10.3 Å². The highest BCUT2D eigenvalue weighted by atomic mass is 16.6. The summed E-state index contributed by atoms with van der Waals surface area (Å²) in [5, 5.41) is 14.6. The lowest BCUT2D eigenvalue weighted by Gasteiger charge is -2.32. The molecule has 0 atom stereocenters. The summed E-state index contributed by atoms with van der Waals surface area (Å²) in [5.74, 6) is 0.676. The van der Waals surface area contributed by atoms with Gasteiger partial charge in [0, 0.05) is 36.7 Å². The van der Waals surface area contributed by atoms with Gasteiger partial charge in [0.05, 0.1) is 4.92 Å². The number of aromatic nitrogens is 1. The van der Waals surface area contributed by atoms with Gasteiger partial charge in [-0.3, -0.25) is 14.9 Å². The summed E-state index contributed by atoms with van der Waals surface area (Å²) < 4.78 is 5.91. The molecule has 2 aliphatic rings. The molecule has 1 aromatic heterocycles. The SMILES string of the molecule is O=C(NC1CC1)c1ccc(N2CCC(c3nc4ccccc4o3)CC2)c([N+](=O)[O-])c1. The normalized spacial score (nSPS) is 17.3. The van der Waals surface area contributed by atoms with Gasteiger partial charge in [-0.1, -0.05) is 12.1 Å². The van der Waals surface area contributed by atoms with Crippen LogP contribution in [0.4, 0.5) is 11.4 Å². The number of hydrogen-bond acceptors (Lipinski definition) is 6. The van der Waals surface area contributed by atoms with Crippen molar-refractivity contribution >= 4 is 28.4 Å². The van der Waals surface area contributed by atoms with Crippen LogP contribution in [-0.2, 0) is 0 Å². The highest BCUT2D eigenvalue weighted by Gasteiger charge is 2.29. The Balaban J connectivity index is 1.32. The molecule has 5 rings (SSSR count). The van der Waals surface area contributed by atoms with Crippen molar-refractivity contribution in [3.63, 3.8) is 0 Å². The van der Waals surface area contributed by atoms with Crippen LogP contribution in [0.2, 0.25) is 0 Å². The van der Waals surface area contributed by atoms with Gasteiger partial charge >= 0.3 is 0 Å². The number of anilines is 1. The molecule has 1 amide bonds. The van der Waals surface area contributed by atoms with E-state index in [1.807, 2.05) is 29.2 Å². The Hall–Kier alpha value is -3.42. The predicted octanol–water partition coefficient (Wildman–Crippen LogP) is 4.01. The van der Waals surface area contributed by atoms with E-state index in [0.29, 0.717) is 24.3 Å². The lowest BCUT2D eigenvalue weighted by Crippen LogP contribution is -2.33. The van der Waals surface area contributed by atoms with Gasteiger partial charge < -0.3 is 14.6 Å². The zero-order valence-electron chi connectivity index (χ0n) is 16.4. The summed E-state index contributed by atoms with van der Waals surface area (Å²) in [5.41, 5.74) is 2.49. The second-order valence-electron chi connectivity index (χ2n) is 7.99. The molecule has 30 heavy (non-hydrogen) atoms. The molecule has 0 spiro atoms. The molecule has 1 N–H and O–H groups in total. The van der Waals surface area contributed by atoms with Crippen LogP contribution in [0.15, 0.2) is 46.9 Å². The van der Waals surface area contributed by atoms with E-state index in [0.717, 1.165) is 42.7 Å². The van der Waals surface area contributed by atoms with Gasteiger partial charge in [0.25, 0.3) is 11.6 Å². The topological polar surface area (TPSA) is 102 Å². The lowest BCUT2D eigenvalue weighted by atomic mass is 9.96. The molecule has 0 radical (unpaired) electrons. The number of hydrogen-bond donors (Lipinski definition) is 1. The van der Waals surface area contributed by atoms with Crippen LogP contribution in [0.3, 0.4) is 0 Å². The van der Waals surface area contributed by atoms with Gasteiger partial charge in [-0.05, 0) is 49.9 Å². The minimum Gasteiger partial charge on any atom is -0.440 e. The number of amides is 1. The van der Waals surface area contributed by atoms with E-state index in [1.54, 1.807) is 12.1 Å². The van der Waals surface area contributed by atoms with Crippen LogP contribution in [0.1, 0.15) is 47.8 Å². The maximum absolute atomic E-state index is 12.3. The number of fused-ring (bicyclic) bond motifs is 1. The van der Waals surface area contributed by atoms with Crippen LogP contribution in [0, 0.1) is 10.1 Å². The lowest BCUT2D eigenvalue weighted by molar-refractivity contribution is -0.384. The van der Waals surface area contributed by atoms with E-state index >= 15 is 0 Å². The summed E-state index contributed by atoms with van der Waals surface area (Å²) in [6, 6.07) is 12.7. The number of para-hydroxylation sites is 2. The third-order valence-electron chi connectivity index (χ3n) is 5.84. The Morgan fingerprint density at radius 1 is 1.13 bits per heavy atom. The van der Waals surface area contributed by atoms with Crippen molar-refractivity contribution in [1.82, 2.24) is 10.3 Å². The molecule has 1 saturated heterocycles. The molecule has 1 aliphatic carbocycles. The average molecular weight is 406 g/mol. The highest BCUT2D eigenvalue weighted by molar-refractivity contribution is 5.96.